The van der Waals surface area contributed by atoms with Gasteiger partial charge in [-0.2, -0.15) is 0 Å². The lowest BCUT2D eigenvalue weighted by atomic mass is 9.59. The molecule has 1 amide bonds. The van der Waals surface area contributed by atoms with Gasteiger partial charge >= 0.3 is 0 Å². The Morgan fingerprint density at radius 1 is 0.517 bits per heavy atom. The normalized spacial score (nSPS) is 34.3. The lowest BCUT2D eigenvalue weighted by Crippen LogP contribution is -2.58. The average molecular weight is 1180 g/mol. The average Bonchev–Trinajstić information content (AvgIpc) is 1.40. The largest absolute Gasteiger partial charge is 0.483 e. The number of piperidine rings is 4. The van der Waals surface area contributed by atoms with Gasteiger partial charge in [0.15, 0.2) is 5.69 Å². The van der Waals surface area contributed by atoms with Gasteiger partial charge in [-0.1, -0.05) is 104 Å². The molecule has 4 aromatic carbocycles. The summed E-state index contributed by atoms with van der Waals surface area (Å²) in [6.45, 7) is 37.7. The highest BCUT2D eigenvalue weighted by molar-refractivity contribution is 5.72. The lowest BCUT2D eigenvalue weighted by molar-refractivity contribution is -0.122. The molecular weight excluding hydrogens is 1070 g/mol. The summed E-state index contributed by atoms with van der Waals surface area (Å²) in [6.07, 6.45) is 22.3. The van der Waals surface area contributed by atoms with E-state index in [1.54, 1.807) is 16.7 Å². The molecule has 4 unspecified atom stereocenters. The highest BCUT2D eigenvalue weighted by Crippen LogP contribution is 2.54. The highest BCUT2D eigenvalue weighted by Gasteiger charge is 2.53. The molecule has 8 aliphatic carbocycles. The van der Waals surface area contributed by atoms with Crippen molar-refractivity contribution in [2.24, 2.45) is 53.1 Å². The van der Waals surface area contributed by atoms with Crippen LogP contribution in [0, 0.1) is 53.9 Å². The summed E-state index contributed by atoms with van der Waals surface area (Å²) in [5.41, 5.74) is 29.2. The third-order valence-electron chi connectivity index (χ3n) is 25.9. The quantitative estimate of drug-likeness (QED) is 0.0657. The number of likely N-dealkylation sites (tertiary alicyclic amines) is 4. The summed E-state index contributed by atoms with van der Waals surface area (Å²) in [5, 5.41) is 9.70. The Bertz CT molecular complexity index is 3180. The molecule has 12 atom stereocenters. The Morgan fingerprint density at radius 2 is 0.851 bits per heavy atom. The van der Waals surface area contributed by atoms with Crippen LogP contribution in [0.4, 0.5) is 17.1 Å². The van der Waals surface area contributed by atoms with E-state index in [4.69, 9.17) is 27.9 Å². The van der Waals surface area contributed by atoms with Crippen molar-refractivity contribution in [3.63, 3.8) is 0 Å². The first-order valence-electron chi connectivity index (χ1n) is 34.4. The maximum Gasteiger partial charge on any atom is 0.290 e. The van der Waals surface area contributed by atoms with Crippen LogP contribution in [-0.4, -0.2) is 114 Å². The van der Waals surface area contributed by atoms with Gasteiger partial charge in [-0.25, -0.2) is 4.85 Å². The first-order chi connectivity index (χ1) is 41.8. The zero-order valence-corrected chi connectivity index (χ0v) is 54.3. The molecule has 11 nitrogen and oxygen atoms in total. The molecule has 87 heavy (non-hydrogen) atoms. The first kappa shape index (κ1) is 62.1. The molecule has 4 heterocycles. The molecule has 12 aliphatic rings. The van der Waals surface area contributed by atoms with Crippen LogP contribution < -0.4 is 16.8 Å². The second kappa shape index (κ2) is 24.9. The van der Waals surface area contributed by atoms with E-state index in [2.05, 4.69) is 146 Å². The van der Waals surface area contributed by atoms with E-state index in [1.165, 1.54) is 188 Å². The number of nitrogens with one attached hydrogen (secondary N) is 1. The van der Waals surface area contributed by atoms with Crippen LogP contribution in [0.5, 0.6) is 0 Å². The van der Waals surface area contributed by atoms with Crippen LogP contribution in [0.25, 0.3) is 4.85 Å². The summed E-state index contributed by atoms with van der Waals surface area (Å²) in [7, 11) is 0. The number of rotatable bonds is 11. The fraction of sp³-hybridized carbons (Fsp3) is 0.645. The van der Waals surface area contributed by atoms with Gasteiger partial charge in [0.25, 0.3) is 6.47 Å². The second-order valence-corrected chi connectivity index (χ2v) is 31.0. The Kier molecular flexibility index (Phi) is 17.8. The second-order valence-electron chi connectivity index (χ2n) is 31.0. The van der Waals surface area contributed by atoms with Crippen molar-refractivity contribution in [3.8, 4) is 0 Å². The minimum atomic E-state index is -0.250. The Balaban J connectivity index is 0.000000111. The number of hydrogen-bond donors (Lipinski definition) is 4. The van der Waals surface area contributed by atoms with Crippen LogP contribution in [-0.2, 0) is 63.5 Å². The fourth-order valence-electron chi connectivity index (χ4n) is 18.7. The summed E-state index contributed by atoms with van der Waals surface area (Å²) >= 11 is 0. The molecule has 0 spiro atoms. The van der Waals surface area contributed by atoms with Crippen molar-refractivity contribution in [3.05, 3.63) is 134 Å². The predicted octanol–water partition coefficient (Wildman–Crippen LogP) is 13.3. The third kappa shape index (κ3) is 12.4. The maximum atomic E-state index is 10.7. The molecule has 16 rings (SSSR count). The number of anilines is 2. The Labute approximate surface area is 523 Å². The van der Waals surface area contributed by atoms with Crippen molar-refractivity contribution in [2.75, 3.05) is 63.4 Å². The van der Waals surface area contributed by atoms with Gasteiger partial charge in [0.2, 0.25) is 6.41 Å². The van der Waals surface area contributed by atoms with E-state index in [0.29, 0.717) is 41.3 Å². The zero-order chi connectivity index (χ0) is 61.2. The zero-order valence-electron chi connectivity index (χ0n) is 54.3. The van der Waals surface area contributed by atoms with Crippen molar-refractivity contribution in [1.29, 1.82) is 0 Å². The molecule has 8 fully saturated rings. The van der Waals surface area contributed by atoms with Crippen LogP contribution in [0.3, 0.4) is 0 Å². The maximum absolute atomic E-state index is 10.7. The van der Waals surface area contributed by atoms with E-state index in [0.717, 1.165) is 71.1 Å². The molecule has 11 heteroatoms. The molecule has 4 aromatic rings. The predicted molar refractivity (Wildman–Crippen MR) is 354 cm³/mol. The number of carbonyl (C=O) groups excluding carboxylic acids is 1. The van der Waals surface area contributed by atoms with Crippen molar-refractivity contribution >= 4 is 29.9 Å². The smallest absolute Gasteiger partial charge is 0.290 e. The molecule has 0 aromatic heterocycles. The molecule has 4 saturated carbocycles. The van der Waals surface area contributed by atoms with Gasteiger partial charge in [0.1, 0.15) is 0 Å². The number of hydrogen-bond acceptors (Lipinski definition) is 8. The van der Waals surface area contributed by atoms with Gasteiger partial charge in [-0.15, -0.1) is 0 Å². The van der Waals surface area contributed by atoms with E-state index < -0.39 is 0 Å². The topological polar surface area (TPSA) is 136 Å². The van der Waals surface area contributed by atoms with E-state index >= 15 is 0 Å². The van der Waals surface area contributed by atoms with Gasteiger partial charge in [0.05, 0.1) is 6.57 Å². The Morgan fingerprint density at radius 3 is 1.21 bits per heavy atom. The minimum absolute atomic E-state index is 0.249. The monoisotopic (exact) mass is 1180 g/mol. The molecule has 4 aliphatic heterocycles. The van der Waals surface area contributed by atoms with Crippen molar-refractivity contribution < 1.29 is 14.7 Å². The summed E-state index contributed by atoms with van der Waals surface area (Å²) < 4.78 is 0. The fourth-order valence-corrected chi connectivity index (χ4v) is 18.7. The van der Waals surface area contributed by atoms with E-state index in [9.17, 15) is 4.79 Å². The highest BCUT2D eigenvalue weighted by atomic mass is 16.3. The van der Waals surface area contributed by atoms with Crippen molar-refractivity contribution in [1.82, 2.24) is 19.6 Å². The standard InChI is InChI=1S/C19H26N2O.C19H24N2.C19H28N2.C18H26N2.CH2O2/c1-13-18-9-15-5-6-16(20-12-22)10-17(15)19(13,2)7-8-21(18)11-14-3-4-14;1-13-18-10-15-6-7-16(20-3)11-17(15)19(13,2)8-9-21(18)12-14-4-5-14;1-13-18-10-16-6-5-15(11-20)9-17(16)19(13,2)7-8-21(18)12-14-3-4-14;1-12-17-9-14-5-6-15(19)10-16(14)18(12,2)7-8-20(17)11-13-3-4-13;2-1-3/h5-6,10,12-14,18H,3-4,7-9,11H2,1-2H3,(H,20,22);6-7,11,13-14,18H,4-5,8-10,12H2,1-2H3;5-6,9,13-14,18H,3-4,7-8,10-12,20H2,1-2H3;5-6,10,12-13,17H,3-4,7-9,11,19H2,1-2H3;1H,(H,2,3)/t3*13-,18?,19-;12-,17?,18-;/m0000./s1. The number of benzene rings is 4. The van der Waals surface area contributed by atoms with E-state index in [1.807, 2.05) is 12.1 Å². The minimum Gasteiger partial charge on any atom is -0.483 e. The summed E-state index contributed by atoms with van der Waals surface area (Å²) in [6, 6.07) is 29.4. The summed E-state index contributed by atoms with van der Waals surface area (Å²) in [4.78, 5) is 33.9. The van der Waals surface area contributed by atoms with E-state index in [-0.39, 0.29) is 17.3 Å². The number of nitrogen functional groups attached to an aromatic ring is 1. The van der Waals surface area contributed by atoms with Crippen LogP contribution in [0.15, 0.2) is 72.8 Å². The Hall–Kier alpha value is -5.09. The first-order valence-corrected chi connectivity index (χ1v) is 34.4. The lowest BCUT2D eigenvalue weighted by Gasteiger charge is -2.55. The number of amides is 1. The molecule has 8 bridgehead atoms. The number of fused-ring (bicyclic) bond motifs is 16. The number of carboxylic acid groups (broad SMARTS) is 1. The van der Waals surface area contributed by atoms with Gasteiger partial charge in [-0.05, 0) is 272 Å². The van der Waals surface area contributed by atoms with Crippen LogP contribution >= 0.6 is 0 Å². The van der Waals surface area contributed by atoms with Gasteiger partial charge in [0, 0.05) is 68.3 Å². The number of carbonyl (C=O) groups is 2. The van der Waals surface area contributed by atoms with Gasteiger partial charge < -0.3 is 21.9 Å². The van der Waals surface area contributed by atoms with Crippen LogP contribution in [0.2, 0.25) is 0 Å². The SMILES string of the molecule is C[C@H]1C2Cc3ccc(CN)cc3[C@@]1(C)CCN2CC1CC1.C[C@H]1C2Cc3ccc(N)cc3[C@@]1(C)CCN2CC1CC1.C[C@H]1C2Cc3ccc(NC=O)cc3[C@@]1(C)CCN2CC1CC1.O=CO.[C-]#[N+]c1ccc2c(c1)[C@@]1(C)CCN(CC3CC3)C(C2)[C@@H]1C. The number of nitrogens with zero attached hydrogens (tertiary/aromatic N) is 5. The molecule has 6 N–H and O–H groups in total. The van der Waals surface area contributed by atoms with Gasteiger partial charge in [-0.3, -0.25) is 29.2 Å². The molecule has 0 radical (unpaired) electrons. The molecular formula is C76H106N8O3. The van der Waals surface area contributed by atoms with Crippen molar-refractivity contribution in [2.45, 2.75) is 210 Å². The van der Waals surface area contributed by atoms with Crippen LogP contribution in [0.1, 0.15) is 183 Å². The molecule has 468 valence electrons. The number of nitrogens with two attached hydrogens (primary N) is 2. The summed E-state index contributed by atoms with van der Waals surface area (Å²) in [5.74, 6) is 6.82. The third-order valence-corrected chi connectivity index (χ3v) is 25.9. The molecule has 4 saturated heterocycles.